The molecule has 0 saturated heterocycles. The van der Waals surface area contributed by atoms with Gasteiger partial charge in [-0.1, -0.05) is 30.3 Å². The van der Waals surface area contributed by atoms with Gasteiger partial charge in [-0.2, -0.15) is 5.10 Å². The molecule has 26 heavy (non-hydrogen) atoms. The van der Waals surface area contributed by atoms with Gasteiger partial charge >= 0.3 is 0 Å². The molecule has 0 bridgehead atoms. The maximum Gasteiger partial charge on any atom is 0.255 e. The Balaban J connectivity index is 0.00000243. The molecule has 0 radical (unpaired) electrons. The normalized spacial score (nSPS) is 10.2. The van der Waals surface area contributed by atoms with Crippen molar-refractivity contribution >= 4 is 18.3 Å². The van der Waals surface area contributed by atoms with Gasteiger partial charge in [0.05, 0.1) is 11.9 Å². The summed E-state index contributed by atoms with van der Waals surface area (Å²) in [4.78, 5) is 10.7. The van der Waals surface area contributed by atoms with E-state index in [1.807, 2.05) is 71.7 Å². The van der Waals surface area contributed by atoms with Crippen LogP contribution in [0.3, 0.4) is 0 Å². The highest BCUT2D eigenvalue weighted by Gasteiger charge is 2.01. The number of para-hydroxylation sites is 1. The van der Waals surface area contributed by atoms with Crippen molar-refractivity contribution in [2.45, 2.75) is 13.1 Å². The molecule has 3 rings (SSSR count). The summed E-state index contributed by atoms with van der Waals surface area (Å²) in [7, 11) is 0. The largest absolute Gasteiger partial charge is 0.484 e. The third-order valence-electron chi connectivity index (χ3n) is 3.62. The van der Waals surface area contributed by atoms with Crippen LogP contribution < -0.4 is 15.8 Å². The molecule has 2 aromatic carbocycles. The molecule has 1 amide bonds. The number of halogens is 1. The van der Waals surface area contributed by atoms with Crippen LogP contribution in [0.2, 0.25) is 0 Å². The zero-order chi connectivity index (χ0) is 17.5. The van der Waals surface area contributed by atoms with Crippen LogP contribution in [-0.2, 0) is 17.9 Å². The van der Waals surface area contributed by atoms with Crippen molar-refractivity contribution < 1.29 is 9.53 Å². The lowest BCUT2D eigenvalue weighted by molar-refractivity contribution is -0.119. The maximum absolute atomic E-state index is 10.7. The number of nitrogens with one attached hydrogen (secondary N) is 1. The van der Waals surface area contributed by atoms with Crippen molar-refractivity contribution in [1.29, 1.82) is 0 Å². The van der Waals surface area contributed by atoms with Crippen LogP contribution in [0.15, 0.2) is 67.0 Å². The van der Waals surface area contributed by atoms with Crippen molar-refractivity contribution in [3.05, 3.63) is 78.1 Å². The van der Waals surface area contributed by atoms with Gasteiger partial charge in [0.15, 0.2) is 6.61 Å². The van der Waals surface area contributed by atoms with Crippen LogP contribution in [0.25, 0.3) is 5.69 Å². The number of aromatic nitrogens is 2. The quantitative estimate of drug-likeness (QED) is 0.636. The summed E-state index contributed by atoms with van der Waals surface area (Å²) in [6, 6.07) is 17.6. The molecule has 0 fully saturated rings. The molecule has 0 aliphatic carbocycles. The summed E-state index contributed by atoms with van der Waals surface area (Å²) in [6.07, 6.45) is 3.88. The Kier molecular flexibility index (Phi) is 7.20. The number of ether oxygens (including phenoxy) is 1. The van der Waals surface area contributed by atoms with Crippen LogP contribution in [0.4, 0.5) is 0 Å². The highest BCUT2D eigenvalue weighted by Crippen LogP contribution is 2.12. The Morgan fingerprint density at radius 2 is 1.73 bits per heavy atom. The maximum atomic E-state index is 10.7. The summed E-state index contributed by atoms with van der Waals surface area (Å²) < 4.78 is 7.10. The SMILES string of the molecule is Cl.NC(=O)COc1ccc(CNCc2cnn(-c3ccccc3)c2)cc1. The number of nitrogens with two attached hydrogens (primary N) is 1. The van der Waals surface area contributed by atoms with Gasteiger partial charge < -0.3 is 15.8 Å². The number of primary amides is 1. The predicted molar refractivity (Wildman–Crippen MR) is 102 cm³/mol. The van der Waals surface area contributed by atoms with Crippen LogP contribution in [0.5, 0.6) is 5.75 Å². The molecule has 3 aromatic rings. The van der Waals surface area contributed by atoms with E-state index in [0.717, 1.165) is 29.9 Å². The number of amides is 1. The van der Waals surface area contributed by atoms with Crippen molar-refractivity contribution in [1.82, 2.24) is 15.1 Å². The Bertz CT molecular complexity index is 819. The molecule has 1 aromatic heterocycles. The first-order chi connectivity index (χ1) is 12.2. The molecule has 0 aliphatic rings. The van der Waals surface area contributed by atoms with E-state index < -0.39 is 5.91 Å². The minimum atomic E-state index is -0.484. The monoisotopic (exact) mass is 372 g/mol. The van der Waals surface area contributed by atoms with Gasteiger partial charge in [-0.05, 0) is 29.8 Å². The van der Waals surface area contributed by atoms with Crippen LogP contribution in [0, 0.1) is 0 Å². The fourth-order valence-electron chi connectivity index (χ4n) is 2.38. The molecule has 6 nitrogen and oxygen atoms in total. The van der Waals surface area contributed by atoms with E-state index >= 15 is 0 Å². The zero-order valence-corrected chi connectivity index (χ0v) is 15.0. The lowest BCUT2D eigenvalue weighted by atomic mass is 10.2. The first-order valence-electron chi connectivity index (χ1n) is 8.00. The third kappa shape index (κ3) is 5.61. The molecule has 0 unspecified atom stereocenters. The highest BCUT2D eigenvalue weighted by atomic mass is 35.5. The molecule has 3 N–H and O–H groups in total. The van der Waals surface area contributed by atoms with Gasteiger partial charge in [0.1, 0.15) is 5.75 Å². The smallest absolute Gasteiger partial charge is 0.255 e. The minimum Gasteiger partial charge on any atom is -0.484 e. The van der Waals surface area contributed by atoms with Crippen LogP contribution in [-0.4, -0.2) is 22.3 Å². The van der Waals surface area contributed by atoms with Gasteiger partial charge in [0, 0.05) is 24.8 Å². The fraction of sp³-hybridized carbons (Fsp3) is 0.158. The Morgan fingerprint density at radius 3 is 2.42 bits per heavy atom. The number of nitrogens with zero attached hydrogens (tertiary/aromatic N) is 2. The minimum absolute atomic E-state index is 0. The van der Waals surface area contributed by atoms with E-state index in [9.17, 15) is 4.79 Å². The van der Waals surface area contributed by atoms with Crippen molar-refractivity contribution in [2.75, 3.05) is 6.61 Å². The summed E-state index contributed by atoms with van der Waals surface area (Å²) in [5.74, 6) is 0.147. The summed E-state index contributed by atoms with van der Waals surface area (Å²) >= 11 is 0. The average molecular weight is 373 g/mol. The topological polar surface area (TPSA) is 82.2 Å². The average Bonchev–Trinajstić information content (AvgIpc) is 3.11. The lowest BCUT2D eigenvalue weighted by Gasteiger charge is -2.06. The second-order valence-electron chi connectivity index (χ2n) is 5.63. The van der Waals surface area contributed by atoms with Gasteiger partial charge in [0.25, 0.3) is 5.91 Å². The van der Waals surface area contributed by atoms with E-state index in [-0.39, 0.29) is 19.0 Å². The molecule has 7 heteroatoms. The lowest BCUT2D eigenvalue weighted by Crippen LogP contribution is -2.20. The molecular weight excluding hydrogens is 352 g/mol. The van der Waals surface area contributed by atoms with Gasteiger partial charge in [0.2, 0.25) is 0 Å². The third-order valence-corrected chi connectivity index (χ3v) is 3.62. The molecule has 0 atom stereocenters. The zero-order valence-electron chi connectivity index (χ0n) is 14.2. The number of hydrogen-bond acceptors (Lipinski definition) is 4. The van der Waals surface area contributed by atoms with Crippen molar-refractivity contribution in [3.63, 3.8) is 0 Å². The van der Waals surface area contributed by atoms with Gasteiger partial charge in [-0.25, -0.2) is 4.68 Å². The van der Waals surface area contributed by atoms with Crippen molar-refractivity contribution in [3.8, 4) is 11.4 Å². The Labute approximate surface area is 158 Å². The molecular formula is C19H21ClN4O2. The molecule has 0 spiro atoms. The Morgan fingerprint density at radius 1 is 1.04 bits per heavy atom. The van der Waals surface area contributed by atoms with Gasteiger partial charge in [-0.3, -0.25) is 4.79 Å². The molecule has 136 valence electrons. The second kappa shape index (κ2) is 9.60. The van der Waals surface area contributed by atoms with Crippen molar-refractivity contribution in [2.24, 2.45) is 5.73 Å². The predicted octanol–water partition coefficient (Wildman–Crippen LogP) is 2.45. The number of rotatable bonds is 8. The molecule has 0 aliphatic heterocycles. The van der Waals surface area contributed by atoms with Gasteiger partial charge in [-0.15, -0.1) is 12.4 Å². The van der Waals surface area contributed by atoms with E-state index in [4.69, 9.17) is 10.5 Å². The number of carbonyl (C=O) groups excluding carboxylic acids is 1. The number of carbonyl (C=O) groups is 1. The molecule has 1 heterocycles. The Hall–Kier alpha value is -2.83. The summed E-state index contributed by atoms with van der Waals surface area (Å²) in [5.41, 5.74) is 8.33. The highest BCUT2D eigenvalue weighted by molar-refractivity contribution is 5.85. The first kappa shape index (κ1) is 19.5. The van der Waals surface area contributed by atoms with Crippen LogP contribution >= 0.6 is 12.4 Å². The van der Waals surface area contributed by atoms with E-state index in [2.05, 4.69) is 10.4 Å². The first-order valence-corrected chi connectivity index (χ1v) is 8.00. The van der Waals surface area contributed by atoms with Crippen LogP contribution in [0.1, 0.15) is 11.1 Å². The fourth-order valence-corrected chi connectivity index (χ4v) is 2.38. The molecule has 0 saturated carbocycles. The van der Waals surface area contributed by atoms with E-state index in [1.54, 1.807) is 0 Å². The number of hydrogen-bond donors (Lipinski definition) is 2. The van der Waals surface area contributed by atoms with E-state index in [0.29, 0.717) is 5.75 Å². The summed E-state index contributed by atoms with van der Waals surface area (Å²) in [5, 5.41) is 7.76. The second-order valence-corrected chi connectivity index (χ2v) is 5.63. The summed E-state index contributed by atoms with van der Waals surface area (Å²) in [6.45, 7) is 1.35. The van der Waals surface area contributed by atoms with E-state index in [1.165, 1.54) is 0 Å². The number of benzene rings is 2. The standard InChI is InChI=1S/C19H20N4O2.ClH/c20-19(24)14-25-18-8-6-15(7-9-18)10-21-11-16-12-22-23(13-16)17-4-2-1-3-5-17;/h1-9,12-13,21H,10-11,14H2,(H2,20,24);1H.